The molecule has 1 amide bonds. The van der Waals surface area contributed by atoms with Crippen LogP contribution < -0.4 is 10.6 Å². The Morgan fingerprint density at radius 3 is 2.50 bits per heavy atom. The Morgan fingerprint density at radius 2 is 1.79 bits per heavy atom. The van der Waals surface area contributed by atoms with Crippen LogP contribution in [0.1, 0.15) is 28.4 Å². The summed E-state index contributed by atoms with van der Waals surface area (Å²) in [5.41, 5.74) is 4.28. The number of fused-ring (bicyclic) bond motifs is 1. The molecular weight excluding hydrogens is 324 g/mol. The van der Waals surface area contributed by atoms with Crippen molar-refractivity contribution >= 4 is 40.6 Å². The average Bonchev–Trinajstić information content (AvgIpc) is 2.78. The minimum atomic E-state index is -0.133. The second-order valence-corrected chi connectivity index (χ2v) is 6.01. The molecule has 0 unspecified atom stereocenters. The number of para-hydroxylation sites is 1. The van der Waals surface area contributed by atoms with Gasteiger partial charge < -0.3 is 10.6 Å². The van der Waals surface area contributed by atoms with Crippen LogP contribution in [0, 0.1) is 0 Å². The van der Waals surface area contributed by atoms with Crippen LogP contribution in [0.25, 0.3) is 11.1 Å². The molecule has 2 aromatic carbocycles. The smallest absolute Gasteiger partial charge is 0.253 e. The van der Waals surface area contributed by atoms with Gasteiger partial charge in [-0.15, -0.1) is 0 Å². The fourth-order valence-corrected chi connectivity index (χ4v) is 2.95. The third-order valence-electron chi connectivity index (χ3n) is 4.11. The van der Waals surface area contributed by atoms with Crippen LogP contribution in [-0.2, 0) is 4.79 Å². The largest absolute Gasteiger partial charge is 0.382 e. The minimum absolute atomic E-state index is 0.133. The fourth-order valence-electron chi connectivity index (χ4n) is 2.82. The molecule has 1 aliphatic rings. The van der Waals surface area contributed by atoms with Crippen molar-refractivity contribution in [3.63, 3.8) is 0 Å². The quantitative estimate of drug-likeness (QED) is 0.509. The highest BCUT2D eigenvalue weighted by Gasteiger charge is 2.20. The summed E-state index contributed by atoms with van der Waals surface area (Å²) in [5, 5.41) is 6.73. The third-order valence-corrected chi connectivity index (χ3v) is 4.36. The zero-order valence-electron chi connectivity index (χ0n) is 13.2. The van der Waals surface area contributed by atoms with Gasteiger partial charge in [-0.25, -0.2) is 0 Å². The van der Waals surface area contributed by atoms with Crippen molar-refractivity contribution < 1.29 is 9.59 Å². The number of allylic oxidation sites excluding steroid dienone is 2. The van der Waals surface area contributed by atoms with E-state index < -0.39 is 0 Å². The molecule has 0 radical (unpaired) electrons. The van der Waals surface area contributed by atoms with Gasteiger partial charge in [-0.2, -0.15) is 0 Å². The summed E-state index contributed by atoms with van der Waals surface area (Å²) >= 11 is 5.94. The second-order valence-electron chi connectivity index (χ2n) is 5.57. The highest BCUT2D eigenvalue weighted by Crippen LogP contribution is 2.32. The number of carbonyl (C=O) groups is 2. The van der Waals surface area contributed by atoms with Crippen LogP contribution in [0.4, 0.5) is 5.69 Å². The molecule has 0 bridgehead atoms. The van der Waals surface area contributed by atoms with E-state index in [1.807, 2.05) is 25.1 Å². The topological polar surface area (TPSA) is 58.2 Å². The minimum Gasteiger partial charge on any atom is -0.382 e. The first-order valence-electron chi connectivity index (χ1n) is 7.69. The molecule has 1 aliphatic heterocycles. The number of rotatable bonds is 3. The SMILES string of the molecule is C/C(=C(/C=O)c1cccc2c1NCCNC2=O)c1ccc(Cl)cc1. The van der Waals surface area contributed by atoms with Crippen molar-refractivity contribution in [2.45, 2.75) is 6.92 Å². The van der Waals surface area contributed by atoms with Crippen molar-refractivity contribution in [1.29, 1.82) is 0 Å². The van der Waals surface area contributed by atoms with Crippen LogP contribution in [0.2, 0.25) is 5.02 Å². The fraction of sp³-hybridized carbons (Fsp3) is 0.158. The monoisotopic (exact) mass is 340 g/mol. The molecule has 4 nitrogen and oxygen atoms in total. The number of halogens is 1. The van der Waals surface area contributed by atoms with Crippen molar-refractivity contribution in [3.05, 3.63) is 64.2 Å². The number of benzene rings is 2. The Bertz CT molecular complexity index is 826. The standard InChI is InChI=1S/C19H17ClN2O2/c1-12(13-5-7-14(20)8-6-13)17(11-23)15-3-2-4-16-18(15)21-9-10-22-19(16)24/h2-8,11,21H,9-10H2,1H3,(H,22,24)/b17-12+. The first kappa shape index (κ1) is 16.3. The van der Waals surface area contributed by atoms with Gasteiger partial charge in [0.15, 0.2) is 6.29 Å². The maximum atomic E-state index is 12.2. The molecule has 0 saturated heterocycles. The van der Waals surface area contributed by atoms with E-state index in [4.69, 9.17) is 11.6 Å². The summed E-state index contributed by atoms with van der Waals surface area (Å²) in [5.74, 6) is -0.133. The van der Waals surface area contributed by atoms with Gasteiger partial charge in [-0.1, -0.05) is 35.9 Å². The molecule has 0 saturated carbocycles. The zero-order valence-corrected chi connectivity index (χ0v) is 14.0. The normalized spacial score (nSPS) is 14.7. The van der Waals surface area contributed by atoms with E-state index in [9.17, 15) is 9.59 Å². The van der Waals surface area contributed by atoms with E-state index in [1.165, 1.54) is 0 Å². The molecule has 1 heterocycles. The Kier molecular flexibility index (Phi) is 4.67. The molecule has 0 fully saturated rings. The van der Waals surface area contributed by atoms with Crippen LogP contribution in [0.3, 0.4) is 0 Å². The van der Waals surface area contributed by atoms with E-state index in [1.54, 1.807) is 24.3 Å². The summed E-state index contributed by atoms with van der Waals surface area (Å²) in [4.78, 5) is 24.0. The lowest BCUT2D eigenvalue weighted by Gasteiger charge is -2.15. The van der Waals surface area contributed by atoms with Gasteiger partial charge in [0.2, 0.25) is 0 Å². The van der Waals surface area contributed by atoms with Gasteiger partial charge in [-0.3, -0.25) is 9.59 Å². The van der Waals surface area contributed by atoms with Crippen molar-refractivity contribution in [3.8, 4) is 0 Å². The molecule has 0 atom stereocenters. The highest BCUT2D eigenvalue weighted by atomic mass is 35.5. The Hall–Kier alpha value is -2.59. The number of nitrogens with one attached hydrogen (secondary N) is 2. The molecule has 2 aromatic rings. The number of hydrogen-bond donors (Lipinski definition) is 2. The van der Waals surface area contributed by atoms with E-state index in [0.717, 1.165) is 23.0 Å². The summed E-state index contributed by atoms with van der Waals surface area (Å²) in [6.45, 7) is 3.05. The summed E-state index contributed by atoms with van der Waals surface area (Å²) < 4.78 is 0. The molecule has 0 aromatic heterocycles. The van der Waals surface area contributed by atoms with E-state index >= 15 is 0 Å². The summed E-state index contributed by atoms with van der Waals surface area (Å²) in [7, 11) is 0. The lowest BCUT2D eigenvalue weighted by molar-refractivity contribution is -0.103. The summed E-state index contributed by atoms with van der Waals surface area (Å²) in [6.07, 6.45) is 0.837. The van der Waals surface area contributed by atoms with Gasteiger partial charge in [-0.05, 0) is 36.3 Å². The molecule has 2 N–H and O–H groups in total. The van der Waals surface area contributed by atoms with Gasteiger partial charge >= 0.3 is 0 Å². The van der Waals surface area contributed by atoms with Crippen LogP contribution in [0.5, 0.6) is 0 Å². The first-order valence-corrected chi connectivity index (χ1v) is 8.07. The van der Waals surface area contributed by atoms with Gasteiger partial charge in [0, 0.05) is 29.2 Å². The van der Waals surface area contributed by atoms with Crippen LogP contribution in [-0.4, -0.2) is 25.3 Å². The third kappa shape index (κ3) is 3.05. The summed E-state index contributed by atoms with van der Waals surface area (Å²) in [6, 6.07) is 12.7. The van der Waals surface area contributed by atoms with Crippen LogP contribution in [0.15, 0.2) is 42.5 Å². The van der Waals surface area contributed by atoms with Gasteiger partial charge in [0.25, 0.3) is 5.91 Å². The molecule has 3 rings (SSSR count). The van der Waals surface area contributed by atoms with Crippen LogP contribution >= 0.6 is 11.6 Å². The van der Waals surface area contributed by atoms with E-state index in [-0.39, 0.29) is 5.91 Å². The highest BCUT2D eigenvalue weighted by molar-refractivity contribution is 6.30. The maximum Gasteiger partial charge on any atom is 0.253 e. The molecule has 5 heteroatoms. The van der Waals surface area contributed by atoms with Gasteiger partial charge in [0.1, 0.15) is 0 Å². The Morgan fingerprint density at radius 1 is 1.08 bits per heavy atom. The van der Waals surface area contributed by atoms with Crippen molar-refractivity contribution in [2.24, 2.45) is 0 Å². The van der Waals surface area contributed by atoms with Crippen molar-refractivity contribution in [2.75, 3.05) is 18.4 Å². The number of amides is 1. The molecule has 24 heavy (non-hydrogen) atoms. The van der Waals surface area contributed by atoms with E-state index in [2.05, 4.69) is 10.6 Å². The lowest BCUT2D eigenvalue weighted by atomic mass is 9.93. The van der Waals surface area contributed by atoms with E-state index in [0.29, 0.717) is 34.9 Å². The number of carbonyl (C=O) groups excluding carboxylic acids is 2. The second kappa shape index (κ2) is 6.89. The lowest BCUT2D eigenvalue weighted by Crippen LogP contribution is -2.24. The first-order chi connectivity index (χ1) is 11.6. The molecule has 0 spiro atoms. The molecular formula is C19H17ClN2O2. The average molecular weight is 341 g/mol. The molecule has 0 aliphatic carbocycles. The van der Waals surface area contributed by atoms with Gasteiger partial charge in [0.05, 0.1) is 11.3 Å². The predicted molar refractivity (Wildman–Crippen MR) is 97.3 cm³/mol. The Balaban J connectivity index is 2.17. The number of anilines is 1. The van der Waals surface area contributed by atoms with Crippen molar-refractivity contribution in [1.82, 2.24) is 5.32 Å². The molecule has 122 valence electrons. The number of aldehydes is 1. The number of hydrogen-bond acceptors (Lipinski definition) is 3. The Labute approximate surface area is 145 Å². The maximum absolute atomic E-state index is 12.2. The zero-order chi connectivity index (χ0) is 17.1. The predicted octanol–water partition coefficient (Wildman–Crippen LogP) is 3.62.